The van der Waals surface area contributed by atoms with Crippen LogP contribution in [0.15, 0.2) is 24.3 Å². The molecule has 0 spiro atoms. The number of hydrogen-bond donors (Lipinski definition) is 2. The van der Waals surface area contributed by atoms with Gasteiger partial charge in [-0.2, -0.15) is 0 Å². The van der Waals surface area contributed by atoms with E-state index in [0.29, 0.717) is 23.7 Å². The minimum atomic E-state index is -0.144. The number of carbonyl (C=O) groups is 1. The average Bonchev–Trinajstić information content (AvgIpc) is 2.82. The Kier molecular flexibility index (Phi) is 4.01. The lowest BCUT2D eigenvalue weighted by Crippen LogP contribution is -2.23. The second kappa shape index (κ2) is 5.70. The smallest absolute Gasteiger partial charge is 0.265 e. The molecule has 5 nitrogen and oxygen atoms in total. The summed E-state index contributed by atoms with van der Waals surface area (Å²) < 4.78 is 3.74. The van der Waals surface area contributed by atoms with E-state index in [4.69, 9.17) is 5.73 Å². The molecule has 1 aromatic carbocycles. The van der Waals surface area contributed by atoms with Crippen LogP contribution in [-0.2, 0) is 13.1 Å². The van der Waals surface area contributed by atoms with Gasteiger partial charge in [0, 0.05) is 13.1 Å². The summed E-state index contributed by atoms with van der Waals surface area (Å²) >= 11 is 1.10. The van der Waals surface area contributed by atoms with Crippen molar-refractivity contribution in [3.8, 4) is 0 Å². The second-order valence-corrected chi connectivity index (χ2v) is 4.60. The minimum Gasteiger partial charge on any atom is -0.347 e. The Morgan fingerprint density at radius 1 is 1.39 bits per heavy atom. The molecule has 1 aromatic heterocycles. The molecule has 0 saturated heterocycles. The van der Waals surface area contributed by atoms with Crippen molar-refractivity contribution in [2.45, 2.75) is 20.0 Å². The van der Waals surface area contributed by atoms with Gasteiger partial charge in [-0.1, -0.05) is 28.8 Å². The number of hydrogen-bond acceptors (Lipinski definition) is 5. The number of aromatic nitrogens is 2. The Morgan fingerprint density at radius 2 is 2.11 bits per heavy atom. The molecule has 0 bridgehead atoms. The van der Waals surface area contributed by atoms with Gasteiger partial charge in [-0.05, 0) is 29.6 Å². The fraction of sp³-hybridized carbons (Fsp3) is 0.250. The van der Waals surface area contributed by atoms with Crippen LogP contribution in [0.4, 0.5) is 0 Å². The van der Waals surface area contributed by atoms with Crippen molar-refractivity contribution in [3.63, 3.8) is 0 Å². The fourth-order valence-electron chi connectivity index (χ4n) is 1.62. The van der Waals surface area contributed by atoms with Crippen LogP contribution in [0.2, 0.25) is 0 Å². The quantitative estimate of drug-likeness (QED) is 0.868. The first-order chi connectivity index (χ1) is 8.72. The lowest BCUT2D eigenvalue weighted by atomic mass is 10.1. The molecular formula is C12H14N4OS. The third kappa shape index (κ3) is 2.72. The predicted octanol–water partition coefficient (Wildman–Crippen LogP) is 1.24. The number of nitrogens with zero attached hydrogens (tertiary/aromatic N) is 2. The standard InChI is InChI=1S/C12H14N4OS/c1-8-11(18-16-15-8)12(17)14-7-10-5-3-2-4-9(10)6-13/h2-5H,6-7,13H2,1H3,(H,14,17). The van der Waals surface area contributed by atoms with Crippen molar-refractivity contribution in [2.24, 2.45) is 5.73 Å². The van der Waals surface area contributed by atoms with E-state index >= 15 is 0 Å². The molecule has 94 valence electrons. The highest BCUT2D eigenvalue weighted by Gasteiger charge is 2.12. The van der Waals surface area contributed by atoms with Crippen LogP contribution in [0.5, 0.6) is 0 Å². The van der Waals surface area contributed by atoms with Crippen LogP contribution < -0.4 is 11.1 Å². The third-order valence-corrected chi connectivity index (χ3v) is 3.46. The van der Waals surface area contributed by atoms with E-state index in [0.717, 1.165) is 22.7 Å². The number of amides is 1. The van der Waals surface area contributed by atoms with Crippen LogP contribution in [0.1, 0.15) is 26.5 Å². The van der Waals surface area contributed by atoms with Crippen LogP contribution in [0, 0.1) is 6.92 Å². The number of aryl methyl sites for hydroxylation is 1. The van der Waals surface area contributed by atoms with Crippen LogP contribution in [0.3, 0.4) is 0 Å². The molecule has 0 aliphatic rings. The van der Waals surface area contributed by atoms with Gasteiger partial charge in [0.25, 0.3) is 5.91 Å². The summed E-state index contributed by atoms with van der Waals surface area (Å²) in [6, 6.07) is 7.78. The maximum absolute atomic E-state index is 11.9. The Hall–Kier alpha value is -1.79. The summed E-state index contributed by atoms with van der Waals surface area (Å²) in [5.74, 6) is -0.144. The number of rotatable bonds is 4. The average molecular weight is 262 g/mol. The van der Waals surface area contributed by atoms with Crippen LogP contribution >= 0.6 is 11.5 Å². The van der Waals surface area contributed by atoms with E-state index in [2.05, 4.69) is 14.9 Å². The second-order valence-electron chi connectivity index (χ2n) is 3.84. The molecule has 1 heterocycles. The number of carbonyl (C=O) groups excluding carboxylic acids is 1. The molecule has 0 fully saturated rings. The first-order valence-corrected chi connectivity index (χ1v) is 6.33. The maximum Gasteiger partial charge on any atom is 0.265 e. The molecule has 0 aliphatic carbocycles. The normalized spacial score (nSPS) is 10.3. The summed E-state index contributed by atoms with van der Waals surface area (Å²) in [7, 11) is 0. The number of nitrogens with two attached hydrogens (primary N) is 1. The minimum absolute atomic E-state index is 0.144. The van der Waals surface area contributed by atoms with Gasteiger partial charge in [0.15, 0.2) is 0 Å². The first-order valence-electron chi connectivity index (χ1n) is 5.56. The highest BCUT2D eigenvalue weighted by Crippen LogP contribution is 2.11. The van der Waals surface area contributed by atoms with Gasteiger partial charge in [0.1, 0.15) is 4.88 Å². The molecule has 1 amide bonds. The van der Waals surface area contributed by atoms with Gasteiger partial charge < -0.3 is 11.1 Å². The lowest BCUT2D eigenvalue weighted by Gasteiger charge is -2.08. The van der Waals surface area contributed by atoms with E-state index in [1.54, 1.807) is 6.92 Å². The zero-order valence-corrected chi connectivity index (χ0v) is 10.8. The Balaban J connectivity index is 2.04. The molecule has 0 aliphatic heterocycles. The molecule has 6 heteroatoms. The molecule has 18 heavy (non-hydrogen) atoms. The molecule has 0 atom stereocenters. The van der Waals surface area contributed by atoms with Gasteiger partial charge in [0.2, 0.25) is 0 Å². The first kappa shape index (κ1) is 12.7. The van der Waals surface area contributed by atoms with Gasteiger partial charge >= 0.3 is 0 Å². The van der Waals surface area contributed by atoms with Gasteiger partial charge in [0.05, 0.1) is 5.69 Å². The summed E-state index contributed by atoms with van der Waals surface area (Å²) in [5, 5.41) is 6.67. The lowest BCUT2D eigenvalue weighted by molar-refractivity contribution is 0.0954. The predicted molar refractivity (Wildman–Crippen MR) is 70.1 cm³/mol. The Labute approximate surface area is 109 Å². The van der Waals surface area contributed by atoms with Crippen molar-refractivity contribution in [1.82, 2.24) is 14.9 Å². The molecule has 2 aromatic rings. The van der Waals surface area contributed by atoms with Gasteiger partial charge in [-0.3, -0.25) is 4.79 Å². The Morgan fingerprint density at radius 3 is 2.72 bits per heavy atom. The van der Waals surface area contributed by atoms with Gasteiger partial charge in [-0.15, -0.1) is 5.10 Å². The molecule has 2 rings (SSSR count). The molecule has 0 radical (unpaired) electrons. The van der Waals surface area contributed by atoms with E-state index in [9.17, 15) is 4.79 Å². The third-order valence-electron chi connectivity index (χ3n) is 2.64. The zero-order valence-electron chi connectivity index (χ0n) is 10.0. The van der Waals surface area contributed by atoms with Crippen LogP contribution in [0.25, 0.3) is 0 Å². The summed E-state index contributed by atoms with van der Waals surface area (Å²) in [4.78, 5) is 12.4. The van der Waals surface area contributed by atoms with Crippen molar-refractivity contribution in [1.29, 1.82) is 0 Å². The van der Waals surface area contributed by atoms with Crippen molar-refractivity contribution in [2.75, 3.05) is 0 Å². The summed E-state index contributed by atoms with van der Waals surface area (Å²) in [6.07, 6.45) is 0. The largest absolute Gasteiger partial charge is 0.347 e. The molecule has 0 unspecified atom stereocenters. The SMILES string of the molecule is Cc1nnsc1C(=O)NCc1ccccc1CN. The zero-order chi connectivity index (χ0) is 13.0. The molecule has 0 saturated carbocycles. The molecule has 3 N–H and O–H groups in total. The monoisotopic (exact) mass is 262 g/mol. The highest BCUT2D eigenvalue weighted by atomic mass is 32.1. The number of nitrogens with one attached hydrogen (secondary N) is 1. The highest BCUT2D eigenvalue weighted by molar-refractivity contribution is 7.07. The Bertz CT molecular complexity index is 553. The van der Waals surface area contributed by atoms with Gasteiger partial charge in [-0.25, -0.2) is 0 Å². The topological polar surface area (TPSA) is 80.9 Å². The fourth-order valence-corrected chi connectivity index (χ4v) is 2.20. The van der Waals surface area contributed by atoms with Crippen molar-refractivity contribution < 1.29 is 4.79 Å². The van der Waals surface area contributed by atoms with E-state index in [1.807, 2.05) is 24.3 Å². The van der Waals surface area contributed by atoms with E-state index < -0.39 is 0 Å². The van der Waals surface area contributed by atoms with E-state index in [-0.39, 0.29) is 5.91 Å². The molecular weight excluding hydrogens is 248 g/mol. The van der Waals surface area contributed by atoms with Crippen molar-refractivity contribution >= 4 is 17.4 Å². The maximum atomic E-state index is 11.9. The summed E-state index contributed by atoms with van der Waals surface area (Å²) in [5.41, 5.74) is 8.37. The van der Waals surface area contributed by atoms with Crippen LogP contribution in [-0.4, -0.2) is 15.5 Å². The number of benzene rings is 1. The van der Waals surface area contributed by atoms with E-state index in [1.165, 1.54) is 0 Å². The van der Waals surface area contributed by atoms with Crippen molar-refractivity contribution in [3.05, 3.63) is 46.0 Å². The summed E-state index contributed by atoms with van der Waals surface area (Å²) in [6.45, 7) is 2.70.